The molecule has 0 aromatic heterocycles. The molecular formula is C16H24N2O2. The number of aliphatic hydroxyl groups is 1. The molecule has 3 N–H and O–H groups in total. The first-order valence-corrected chi connectivity index (χ1v) is 7.37. The van der Waals surface area contributed by atoms with E-state index < -0.39 is 6.10 Å². The Balaban J connectivity index is 1.68. The Morgan fingerprint density at radius 3 is 2.85 bits per heavy atom. The highest BCUT2D eigenvalue weighted by Gasteiger charge is 2.16. The van der Waals surface area contributed by atoms with Crippen LogP contribution in [0.2, 0.25) is 0 Å². The van der Waals surface area contributed by atoms with Crippen LogP contribution in [0, 0.1) is 12.8 Å². The zero-order chi connectivity index (χ0) is 14.4. The molecule has 2 unspecified atom stereocenters. The average Bonchev–Trinajstić information content (AvgIpc) is 2.96. The number of carbonyl (C=O) groups excluding carboxylic acids is 1. The summed E-state index contributed by atoms with van der Waals surface area (Å²) in [5.74, 6) is 0.658. The van der Waals surface area contributed by atoms with Gasteiger partial charge >= 0.3 is 0 Å². The second kappa shape index (κ2) is 7.41. The molecule has 0 radical (unpaired) electrons. The maximum atomic E-state index is 11.7. The van der Waals surface area contributed by atoms with Gasteiger partial charge in [-0.1, -0.05) is 29.8 Å². The molecule has 0 saturated carbocycles. The Morgan fingerprint density at radius 1 is 1.45 bits per heavy atom. The quantitative estimate of drug-likeness (QED) is 0.738. The molecule has 2 atom stereocenters. The summed E-state index contributed by atoms with van der Waals surface area (Å²) in [7, 11) is 0. The molecule has 4 heteroatoms. The fourth-order valence-corrected chi connectivity index (χ4v) is 2.50. The molecule has 1 fully saturated rings. The predicted molar refractivity (Wildman–Crippen MR) is 79.4 cm³/mol. The fraction of sp³-hybridized carbons (Fsp3) is 0.562. The van der Waals surface area contributed by atoms with Crippen molar-refractivity contribution in [3.05, 3.63) is 35.4 Å². The lowest BCUT2D eigenvalue weighted by Crippen LogP contribution is -2.28. The van der Waals surface area contributed by atoms with Crippen LogP contribution in [-0.4, -0.2) is 30.6 Å². The van der Waals surface area contributed by atoms with Gasteiger partial charge in [-0.15, -0.1) is 0 Å². The third kappa shape index (κ3) is 4.62. The van der Waals surface area contributed by atoms with Gasteiger partial charge in [0.05, 0.1) is 6.10 Å². The third-order valence-electron chi connectivity index (χ3n) is 3.90. The predicted octanol–water partition coefficient (Wildman–Crippen LogP) is 1.53. The molecule has 1 aromatic carbocycles. The van der Waals surface area contributed by atoms with E-state index in [9.17, 15) is 9.90 Å². The van der Waals surface area contributed by atoms with Gasteiger partial charge in [-0.05, 0) is 44.3 Å². The van der Waals surface area contributed by atoms with E-state index in [2.05, 4.69) is 10.6 Å². The number of benzene rings is 1. The van der Waals surface area contributed by atoms with Gasteiger partial charge in [0.2, 0.25) is 5.91 Å². The first kappa shape index (κ1) is 15.0. The summed E-state index contributed by atoms with van der Waals surface area (Å²) < 4.78 is 0. The van der Waals surface area contributed by atoms with Crippen LogP contribution in [0.3, 0.4) is 0 Å². The second-order valence-corrected chi connectivity index (χ2v) is 5.63. The van der Waals surface area contributed by atoms with Crippen molar-refractivity contribution in [1.82, 2.24) is 10.6 Å². The molecule has 1 saturated heterocycles. The van der Waals surface area contributed by atoms with Gasteiger partial charge in [-0.3, -0.25) is 4.79 Å². The van der Waals surface area contributed by atoms with E-state index in [0.717, 1.165) is 30.6 Å². The van der Waals surface area contributed by atoms with Gasteiger partial charge in [-0.2, -0.15) is 0 Å². The van der Waals surface area contributed by atoms with Crippen molar-refractivity contribution < 1.29 is 9.90 Å². The topological polar surface area (TPSA) is 61.4 Å². The lowest BCUT2D eigenvalue weighted by atomic mass is 10.0. The maximum Gasteiger partial charge on any atom is 0.220 e. The van der Waals surface area contributed by atoms with Crippen molar-refractivity contribution in [1.29, 1.82) is 0 Å². The summed E-state index contributed by atoms with van der Waals surface area (Å²) in [6.45, 7) is 4.39. The van der Waals surface area contributed by atoms with Gasteiger partial charge in [0.15, 0.2) is 0 Å². The van der Waals surface area contributed by atoms with E-state index in [1.807, 2.05) is 31.2 Å². The van der Waals surface area contributed by atoms with E-state index in [0.29, 0.717) is 12.3 Å². The monoisotopic (exact) mass is 276 g/mol. The first-order chi connectivity index (χ1) is 9.65. The van der Waals surface area contributed by atoms with Crippen molar-refractivity contribution in [3.8, 4) is 0 Å². The van der Waals surface area contributed by atoms with E-state index in [1.165, 1.54) is 6.42 Å². The molecule has 0 aliphatic carbocycles. The van der Waals surface area contributed by atoms with Gasteiger partial charge in [-0.25, -0.2) is 0 Å². The molecule has 0 spiro atoms. The summed E-state index contributed by atoms with van der Waals surface area (Å²) in [6, 6.07) is 7.73. The molecule has 110 valence electrons. The zero-order valence-electron chi connectivity index (χ0n) is 12.1. The summed E-state index contributed by atoms with van der Waals surface area (Å²) >= 11 is 0. The number of hydrogen-bond acceptors (Lipinski definition) is 3. The number of hydrogen-bond donors (Lipinski definition) is 3. The fourth-order valence-electron chi connectivity index (χ4n) is 2.50. The lowest BCUT2D eigenvalue weighted by molar-refractivity contribution is -0.121. The highest BCUT2D eigenvalue weighted by molar-refractivity contribution is 5.75. The van der Waals surface area contributed by atoms with Gasteiger partial charge < -0.3 is 15.7 Å². The van der Waals surface area contributed by atoms with Crippen LogP contribution in [0.5, 0.6) is 0 Å². The van der Waals surface area contributed by atoms with Crippen LogP contribution in [-0.2, 0) is 4.79 Å². The Morgan fingerprint density at radius 2 is 2.20 bits per heavy atom. The standard InChI is InChI=1S/C16H24N2O2/c1-12-2-5-14(6-3-12)15(19)11-18-16(20)7-4-13-8-9-17-10-13/h2-3,5-6,13,15,17,19H,4,7-11H2,1H3,(H,18,20). The van der Waals surface area contributed by atoms with Gasteiger partial charge in [0.1, 0.15) is 0 Å². The minimum atomic E-state index is -0.632. The van der Waals surface area contributed by atoms with Crippen LogP contribution in [0.1, 0.15) is 36.5 Å². The Hall–Kier alpha value is -1.39. The molecule has 2 rings (SSSR count). The number of amides is 1. The number of aryl methyl sites for hydroxylation is 1. The minimum absolute atomic E-state index is 0.0306. The van der Waals surface area contributed by atoms with Crippen molar-refractivity contribution in [2.75, 3.05) is 19.6 Å². The summed E-state index contributed by atoms with van der Waals surface area (Å²) in [6.07, 6.45) is 2.01. The molecule has 1 aromatic rings. The summed E-state index contributed by atoms with van der Waals surface area (Å²) in [5.41, 5.74) is 2.01. The van der Waals surface area contributed by atoms with E-state index in [1.54, 1.807) is 0 Å². The summed E-state index contributed by atoms with van der Waals surface area (Å²) in [4.78, 5) is 11.7. The number of nitrogens with one attached hydrogen (secondary N) is 2. The molecule has 4 nitrogen and oxygen atoms in total. The Kier molecular flexibility index (Phi) is 5.56. The molecule has 1 heterocycles. The van der Waals surface area contributed by atoms with Crippen LogP contribution in [0.25, 0.3) is 0 Å². The SMILES string of the molecule is Cc1ccc(C(O)CNC(=O)CCC2CCNC2)cc1. The maximum absolute atomic E-state index is 11.7. The normalized spacial score (nSPS) is 19.8. The molecule has 1 aliphatic rings. The number of rotatable bonds is 6. The molecule has 0 bridgehead atoms. The minimum Gasteiger partial charge on any atom is -0.387 e. The third-order valence-corrected chi connectivity index (χ3v) is 3.90. The van der Waals surface area contributed by atoms with Gasteiger partial charge in [0.25, 0.3) is 0 Å². The van der Waals surface area contributed by atoms with Gasteiger partial charge in [0, 0.05) is 13.0 Å². The summed E-state index contributed by atoms with van der Waals surface area (Å²) in [5, 5.41) is 16.1. The van der Waals surface area contributed by atoms with E-state index in [-0.39, 0.29) is 12.5 Å². The Labute approximate surface area is 120 Å². The molecule has 1 aliphatic heterocycles. The Bertz CT molecular complexity index is 425. The lowest BCUT2D eigenvalue weighted by Gasteiger charge is -2.13. The average molecular weight is 276 g/mol. The van der Waals surface area contributed by atoms with Crippen LogP contribution in [0.4, 0.5) is 0 Å². The first-order valence-electron chi connectivity index (χ1n) is 7.37. The van der Waals surface area contributed by atoms with Crippen molar-refractivity contribution in [3.63, 3.8) is 0 Å². The zero-order valence-corrected chi connectivity index (χ0v) is 12.1. The molecule has 20 heavy (non-hydrogen) atoms. The van der Waals surface area contributed by atoms with Crippen molar-refractivity contribution in [2.24, 2.45) is 5.92 Å². The van der Waals surface area contributed by atoms with E-state index in [4.69, 9.17) is 0 Å². The largest absolute Gasteiger partial charge is 0.387 e. The van der Waals surface area contributed by atoms with Crippen molar-refractivity contribution >= 4 is 5.91 Å². The van der Waals surface area contributed by atoms with Crippen LogP contribution >= 0.6 is 0 Å². The highest BCUT2D eigenvalue weighted by Crippen LogP contribution is 2.15. The number of aliphatic hydroxyl groups excluding tert-OH is 1. The highest BCUT2D eigenvalue weighted by atomic mass is 16.3. The second-order valence-electron chi connectivity index (χ2n) is 5.63. The van der Waals surface area contributed by atoms with Crippen LogP contribution < -0.4 is 10.6 Å². The smallest absolute Gasteiger partial charge is 0.220 e. The number of carbonyl (C=O) groups is 1. The van der Waals surface area contributed by atoms with E-state index >= 15 is 0 Å². The van der Waals surface area contributed by atoms with Crippen molar-refractivity contribution in [2.45, 2.75) is 32.3 Å². The molecule has 1 amide bonds. The molecular weight excluding hydrogens is 252 g/mol. The van der Waals surface area contributed by atoms with Crippen LogP contribution in [0.15, 0.2) is 24.3 Å².